The predicted molar refractivity (Wildman–Crippen MR) is 123 cm³/mol. The lowest BCUT2D eigenvalue weighted by atomic mass is 10.1. The summed E-state index contributed by atoms with van der Waals surface area (Å²) in [5.74, 6) is 0.0196. The zero-order valence-electron chi connectivity index (χ0n) is 16.8. The first-order chi connectivity index (χ1) is 14.9. The number of hydrogen-bond acceptors (Lipinski definition) is 5. The molecule has 1 fully saturated rings. The molecule has 3 heterocycles. The number of carbonyl (C=O) groups excluding carboxylic acids is 2. The Morgan fingerprint density at radius 3 is 2.74 bits per heavy atom. The first kappa shape index (κ1) is 21.7. The number of rotatable bonds is 7. The Morgan fingerprint density at radius 2 is 2.00 bits per heavy atom. The summed E-state index contributed by atoms with van der Waals surface area (Å²) in [5, 5.41) is 1.51. The number of aromatic nitrogens is 2. The van der Waals surface area contributed by atoms with Crippen molar-refractivity contribution >= 4 is 51.5 Å². The van der Waals surface area contributed by atoms with Crippen molar-refractivity contribution in [2.24, 2.45) is 0 Å². The number of anilines is 1. The molecule has 2 amide bonds. The van der Waals surface area contributed by atoms with Gasteiger partial charge in [0.05, 0.1) is 20.6 Å². The number of benzene rings is 1. The van der Waals surface area contributed by atoms with Gasteiger partial charge in [0.1, 0.15) is 0 Å². The van der Waals surface area contributed by atoms with E-state index in [0.29, 0.717) is 58.2 Å². The number of urea groups is 1. The van der Waals surface area contributed by atoms with E-state index in [2.05, 4.69) is 9.97 Å². The maximum atomic E-state index is 12.9. The summed E-state index contributed by atoms with van der Waals surface area (Å²) in [7, 11) is 0. The average Bonchev–Trinajstić information content (AvgIpc) is 3.32. The zero-order valence-corrected chi connectivity index (χ0v) is 19.2. The second-order valence-electron chi connectivity index (χ2n) is 7.26. The molecule has 0 saturated carbocycles. The van der Waals surface area contributed by atoms with Gasteiger partial charge in [0.2, 0.25) is 0 Å². The molecule has 3 aromatic rings. The summed E-state index contributed by atoms with van der Waals surface area (Å²) in [6, 6.07) is 10.9. The number of amides is 2. The summed E-state index contributed by atoms with van der Waals surface area (Å²) in [6.07, 6.45) is 2.65. The lowest BCUT2D eigenvalue weighted by Gasteiger charge is -2.17. The molecule has 0 spiro atoms. The predicted octanol–water partition coefficient (Wildman–Crippen LogP) is 5.41. The molecule has 4 rings (SSSR count). The molecule has 1 aliphatic rings. The van der Waals surface area contributed by atoms with Crippen molar-refractivity contribution in [1.82, 2.24) is 14.9 Å². The molecule has 2 aromatic heterocycles. The van der Waals surface area contributed by atoms with Crippen LogP contribution in [0.25, 0.3) is 0 Å². The molecule has 9 heteroatoms. The molecular weight excluding hydrogens is 455 g/mol. The van der Waals surface area contributed by atoms with E-state index in [-0.39, 0.29) is 11.8 Å². The Bertz CT molecular complexity index is 1120. The molecule has 1 aromatic carbocycles. The van der Waals surface area contributed by atoms with E-state index >= 15 is 0 Å². The summed E-state index contributed by atoms with van der Waals surface area (Å²) in [4.78, 5) is 38.4. The van der Waals surface area contributed by atoms with Gasteiger partial charge >= 0.3 is 6.03 Å². The number of Topliss-reactive ketones (excluding diaryl/α,β-unsaturated/α-hetero) is 1. The number of aryl methyl sites for hydroxylation is 2. The quantitative estimate of drug-likeness (QED) is 0.429. The van der Waals surface area contributed by atoms with Crippen molar-refractivity contribution in [1.29, 1.82) is 0 Å². The number of halogens is 2. The van der Waals surface area contributed by atoms with Crippen molar-refractivity contribution in [3.63, 3.8) is 0 Å². The second kappa shape index (κ2) is 9.34. The van der Waals surface area contributed by atoms with Gasteiger partial charge in [0.15, 0.2) is 10.9 Å². The van der Waals surface area contributed by atoms with E-state index in [0.717, 1.165) is 11.3 Å². The Labute approximate surface area is 194 Å². The van der Waals surface area contributed by atoms with E-state index < -0.39 is 0 Å². The molecule has 0 atom stereocenters. The molecule has 1 saturated heterocycles. The first-order valence-corrected chi connectivity index (χ1v) is 11.4. The maximum Gasteiger partial charge on any atom is 0.326 e. The van der Waals surface area contributed by atoms with Crippen molar-refractivity contribution in [2.45, 2.75) is 26.3 Å². The number of hydrogen-bond donors (Lipinski definition) is 0. The van der Waals surface area contributed by atoms with Crippen LogP contribution < -0.4 is 4.90 Å². The monoisotopic (exact) mass is 474 g/mol. The van der Waals surface area contributed by atoms with Crippen LogP contribution in [0.15, 0.2) is 42.6 Å². The van der Waals surface area contributed by atoms with E-state index in [1.165, 1.54) is 11.3 Å². The number of pyridine rings is 1. The van der Waals surface area contributed by atoms with Crippen LogP contribution in [-0.4, -0.2) is 39.8 Å². The van der Waals surface area contributed by atoms with Crippen LogP contribution in [0.4, 0.5) is 9.93 Å². The van der Waals surface area contributed by atoms with Gasteiger partial charge < -0.3 is 4.90 Å². The van der Waals surface area contributed by atoms with Gasteiger partial charge in [0.25, 0.3) is 0 Å². The van der Waals surface area contributed by atoms with Crippen LogP contribution >= 0.6 is 34.5 Å². The second-order valence-corrected chi connectivity index (χ2v) is 9.05. The lowest BCUT2D eigenvalue weighted by Crippen LogP contribution is -2.31. The van der Waals surface area contributed by atoms with Crippen LogP contribution in [-0.2, 0) is 13.0 Å². The molecule has 0 unspecified atom stereocenters. The molecule has 0 bridgehead atoms. The fourth-order valence-corrected chi connectivity index (χ4v) is 4.80. The van der Waals surface area contributed by atoms with Crippen LogP contribution in [0.1, 0.15) is 33.0 Å². The van der Waals surface area contributed by atoms with Gasteiger partial charge in [-0.05, 0) is 43.2 Å². The summed E-state index contributed by atoms with van der Waals surface area (Å²) in [5.41, 5.74) is 2.44. The highest BCUT2D eigenvalue weighted by atomic mass is 35.5. The molecule has 6 nitrogen and oxygen atoms in total. The lowest BCUT2D eigenvalue weighted by molar-refractivity contribution is 0.0985. The SMILES string of the molecule is Cc1nc(N2CCN(Cc3ccc(Cl)c(Cl)c3)C2=O)sc1C(=O)CCc1ccccn1. The van der Waals surface area contributed by atoms with Gasteiger partial charge in [-0.25, -0.2) is 9.78 Å². The minimum absolute atomic E-state index is 0.0196. The minimum Gasteiger partial charge on any atom is -0.318 e. The van der Waals surface area contributed by atoms with Crippen molar-refractivity contribution in [3.05, 3.63) is 74.5 Å². The third-order valence-electron chi connectivity index (χ3n) is 5.06. The molecule has 0 aliphatic carbocycles. The van der Waals surface area contributed by atoms with Crippen LogP contribution in [0.2, 0.25) is 10.0 Å². The van der Waals surface area contributed by atoms with Gasteiger partial charge in [-0.3, -0.25) is 14.7 Å². The number of carbonyl (C=O) groups is 2. The highest BCUT2D eigenvalue weighted by Crippen LogP contribution is 2.31. The van der Waals surface area contributed by atoms with E-state index in [4.69, 9.17) is 23.2 Å². The average molecular weight is 475 g/mol. The third kappa shape index (κ3) is 4.89. The van der Waals surface area contributed by atoms with Gasteiger partial charge in [-0.15, -0.1) is 0 Å². The summed E-state index contributed by atoms with van der Waals surface area (Å²) >= 11 is 13.3. The smallest absolute Gasteiger partial charge is 0.318 e. The third-order valence-corrected chi connectivity index (χ3v) is 7.02. The number of ketones is 1. The molecule has 31 heavy (non-hydrogen) atoms. The first-order valence-electron chi connectivity index (χ1n) is 9.83. The molecule has 0 N–H and O–H groups in total. The standard InChI is InChI=1S/C22H20Cl2N4O2S/c1-14-20(19(29)8-6-16-4-2-3-9-25-16)31-21(26-14)28-11-10-27(22(28)30)13-15-5-7-17(23)18(24)12-15/h2-5,7,9,12H,6,8,10-11,13H2,1H3. The summed E-state index contributed by atoms with van der Waals surface area (Å²) in [6.45, 7) is 3.34. The highest BCUT2D eigenvalue weighted by molar-refractivity contribution is 7.17. The number of thiazole rings is 1. The minimum atomic E-state index is -0.132. The Balaban J connectivity index is 1.42. The fraction of sp³-hybridized carbons (Fsp3) is 0.273. The summed E-state index contributed by atoms with van der Waals surface area (Å²) < 4.78 is 0. The zero-order chi connectivity index (χ0) is 22.0. The van der Waals surface area contributed by atoms with Crippen molar-refractivity contribution < 1.29 is 9.59 Å². The molecular formula is C22H20Cl2N4O2S. The highest BCUT2D eigenvalue weighted by Gasteiger charge is 2.32. The number of nitrogens with zero attached hydrogens (tertiary/aromatic N) is 4. The van der Waals surface area contributed by atoms with Crippen molar-refractivity contribution in [3.8, 4) is 0 Å². The molecule has 160 valence electrons. The van der Waals surface area contributed by atoms with Gasteiger partial charge in [-0.2, -0.15) is 0 Å². The Morgan fingerprint density at radius 1 is 1.16 bits per heavy atom. The van der Waals surface area contributed by atoms with Crippen molar-refractivity contribution in [2.75, 3.05) is 18.0 Å². The normalized spacial score (nSPS) is 13.8. The fourth-order valence-electron chi connectivity index (χ4n) is 3.42. The van der Waals surface area contributed by atoms with E-state index in [1.54, 1.807) is 28.1 Å². The van der Waals surface area contributed by atoms with Crippen LogP contribution in [0, 0.1) is 6.92 Å². The van der Waals surface area contributed by atoms with Crippen LogP contribution in [0.3, 0.4) is 0 Å². The maximum absolute atomic E-state index is 12.9. The van der Waals surface area contributed by atoms with Gasteiger partial charge in [-0.1, -0.05) is 46.7 Å². The Hall–Kier alpha value is -2.48. The Kier molecular flexibility index (Phi) is 6.55. The largest absolute Gasteiger partial charge is 0.326 e. The van der Waals surface area contributed by atoms with Gasteiger partial charge in [0, 0.05) is 37.9 Å². The molecule has 0 radical (unpaired) electrons. The van der Waals surface area contributed by atoms with Crippen LogP contribution in [0.5, 0.6) is 0 Å². The van der Waals surface area contributed by atoms with E-state index in [9.17, 15) is 9.59 Å². The van der Waals surface area contributed by atoms with E-state index in [1.807, 2.05) is 31.2 Å². The molecule has 1 aliphatic heterocycles. The topological polar surface area (TPSA) is 66.4 Å².